The van der Waals surface area contributed by atoms with Crippen molar-refractivity contribution in [1.82, 2.24) is 14.7 Å². The molecule has 0 bridgehead atoms. The van der Waals surface area contributed by atoms with Gasteiger partial charge < -0.3 is 9.32 Å². The predicted molar refractivity (Wildman–Crippen MR) is 84.2 cm³/mol. The second-order valence-corrected chi connectivity index (χ2v) is 6.05. The maximum absolute atomic E-state index is 12.6. The SMILES string of the molecule is Cc1nn(C)c(C(=O)N(C)C(C)CCc2ccco2)c1Br. The van der Waals surface area contributed by atoms with Crippen LogP contribution in [0.5, 0.6) is 0 Å². The van der Waals surface area contributed by atoms with Crippen molar-refractivity contribution in [3.05, 3.63) is 40.0 Å². The summed E-state index contributed by atoms with van der Waals surface area (Å²) >= 11 is 3.44. The van der Waals surface area contributed by atoms with Crippen LogP contribution in [0.1, 0.15) is 35.3 Å². The number of furan rings is 1. The summed E-state index contributed by atoms with van der Waals surface area (Å²) in [6.07, 6.45) is 3.34. The van der Waals surface area contributed by atoms with Gasteiger partial charge in [-0.15, -0.1) is 0 Å². The maximum Gasteiger partial charge on any atom is 0.273 e. The molecule has 0 fully saturated rings. The zero-order valence-corrected chi connectivity index (χ0v) is 14.3. The molecule has 21 heavy (non-hydrogen) atoms. The smallest absolute Gasteiger partial charge is 0.273 e. The summed E-state index contributed by atoms with van der Waals surface area (Å²) in [6, 6.07) is 3.95. The highest BCUT2D eigenvalue weighted by Crippen LogP contribution is 2.22. The number of hydrogen-bond acceptors (Lipinski definition) is 3. The third-order valence-electron chi connectivity index (χ3n) is 3.72. The molecule has 6 heteroatoms. The number of aromatic nitrogens is 2. The standard InChI is InChI=1S/C15H20BrN3O2/c1-10(7-8-12-6-5-9-21-12)18(3)15(20)14-13(16)11(2)17-19(14)4/h5-6,9-10H,7-8H2,1-4H3. The normalized spacial score (nSPS) is 12.4. The van der Waals surface area contributed by atoms with E-state index in [4.69, 9.17) is 4.42 Å². The molecule has 0 aliphatic carbocycles. The number of nitrogens with zero attached hydrogens (tertiary/aromatic N) is 3. The number of amides is 1. The zero-order chi connectivity index (χ0) is 15.6. The average Bonchev–Trinajstić information content (AvgIpc) is 3.04. The first-order valence-electron chi connectivity index (χ1n) is 6.90. The van der Waals surface area contributed by atoms with Crippen LogP contribution in [0, 0.1) is 6.92 Å². The summed E-state index contributed by atoms with van der Waals surface area (Å²) in [5.74, 6) is 0.914. The minimum atomic E-state index is -0.0306. The molecule has 114 valence electrons. The lowest BCUT2D eigenvalue weighted by atomic mass is 10.1. The van der Waals surface area contributed by atoms with Crippen molar-refractivity contribution in [2.45, 2.75) is 32.7 Å². The van der Waals surface area contributed by atoms with E-state index in [1.165, 1.54) is 0 Å². The second-order valence-electron chi connectivity index (χ2n) is 5.25. The fourth-order valence-electron chi connectivity index (χ4n) is 2.23. The van der Waals surface area contributed by atoms with Crippen LogP contribution in [-0.2, 0) is 13.5 Å². The molecule has 0 saturated heterocycles. The van der Waals surface area contributed by atoms with Crippen molar-refractivity contribution < 1.29 is 9.21 Å². The van der Waals surface area contributed by atoms with E-state index in [-0.39, 0.29) is 11.9 Å². The van der Waals surface area contributed by atoms with Gasteiger partial charge in [0.15, 0.2) is 0 Å². The van der Waals surface area contributed by atoms with Gasteiger partial charge in [-0.1, -0.05) is 0 Å². The van der Waals surface area contributed by atoms with Crippen LogP contribution in [0.4, 0.5) is 0 Å². The van der Waals surface area contributed by atoms with E-state index in [2.05, 4.69) is 21.0 Å². The van der Waals surface area contributed by atoms with E-state index in [0.717, 1.165) is 28.8 Å². The van der Waals surface area contributed by atoms with Crippen LogP contribution in [-0.4, -0.2) is 33.7 Å². The predicted octanol–water partition coefficient (Wildman–Crippen LogP) is 3.18. The molecule has 2 rings (SSSR count). The summed E-state index contributed by atoms with van der Waals surface area (Å²) in [5.41, 5.74) is 1.40. The van der Waals surface area contributed by atoms with E-state index < -0.39 is 0 Å². The molecule has 0 saturated carbocycles. The molecule has 0 N–H and O–H groups in total. The van der Waals surface area contributed by atoms with Gasteiger partial charge in [0.05, 0.1) is 16.4 Å². The van der Waals surface area contributed by atoms with Gasteiger partial charge in [-0.2, -0.15) is 5.10 Å². The van der Waals surface area contributed by atoms with Crippen molar-refractivity contribution in [3.8, 4) is 0 Å². The molecule has 5 nitrogen and oxygen atoms in total. The van der Waals surface area contributed by atoms with E-state index >= 15 is 0 Å². The lowest BCUT2D eigenvalue weighted by molar-refractivity contribution is 0.0724. The first-order valence-corrected chi connectivity index (χ1v) is 7.69. The first-order chi connectivity index (χ1) is 9.91. The summed E-state index contributed by atoms with van der Waals surface area (Å²) < 4.78 is 7.71. The van der Waals surface area contributed by atoms with E-state index in [1.807, 2.05) is 33.0 Å². The third kappa shape index (κ3) is 3.37. The molecule has 0 spiro atoms. The number of rotatable bonds is 5. The molecule has 1 unspecified atom stereocenters. The van der Waals surface area contributed by atoms with E-state index in [0.29, 0.717) is 5.69 Å². The number of hydrogen-bond donors (Lipinski definition) is 0. The van der Waals surface area contributed by atoms with Crippen molar-refractivity contribution in [3.63, 3.8) is 0 Å². The van der Waals surface area contributed by atoms with Gasteiger partial charge in [-0.05, 0) is 48.3 Å². The highest BCUT2D eigenvalue weighted by atomic mass is 79.9. The second kappa shape index (κ2) is 6.47. The highest BCUT2D eigenvalue weighted by Gasteiger charge is 2.24. The van der Waals surface area contributed by atoms with Crippen LogP contribution in [0.2, 0.25) is 0 Å². The van der Waals surface area contributed by atoms with E-state index in [9.17, 15) is 4.79 Å². The number of halogens is 1. The molecule has 0 aliphatic rings. The molecule has 2 aromatic heterocycles. The summed E-state index contributed by atoms with van der Waals surface area (Å²) in [6.45, 7) is 3.92. The Labute approximate surface area is 133 Å². The van der Waals surface area contributed by atoms with Crippen molar-refractivity contribution in [2.24, 2.45) is 7.05 Å². The molecular weight excluding hydrogens is 334 g/mol. The van der Waals surface area contributed by atoms with Gasteiger partial charge in [0, 0.05) is 26.6 Å². The van der Waals surface area contributed by atoms with Gasteiger partial charge in [0.25, 0.3) is 5.91 Å². The Balaban J connectivity index is 2.04. The Bertz CT molecular complexity index is 619. The minimum Gasteiger partial charge on any atom is -0.469 e. The molecular formula is C15H20BrN3O2. The van der Waals surface area contributed by atoms with Crippen molar-refractivity contribution in [1.29, 1.82) is 0 Å². The summed E-state index contributed by atoms with van der Waals surface area (Å²) in [4.78, 5) is 14.4. The Kier molecular flexibility index (Phi) is 4.88. The number of carbonyl (C=O) groups excluding carboxylic acids is 1. The van der Waals surface area contributed by atoms with Gasteiger partial charge in [-0.25, -0.2) is 0 Å². The first kappa shape index (κ1) is 15.8. The largest absolute Gasteiger partial charge is 0.469 e. The van der Waals surface area contributed by atoms with Crippen molar-refractivity contribution >= 4 is 21.8 Å². The highest BCUT2D eigenvalue weighted by molar-refractivity contribution is 9.10. The molecule has 2 aromatic rings. The number of carbonyl (C=O) groups is 1. The van der Waals surface area contributed by atoms with Crippen LogP contribution in [0.15, 0.2) is 27.3 Å². The quantitative estimate of drug-likeness (QED) is 0.829. The maximum atomic E-state index is 12.6. The Morgan fingerprint density at radius 1 is 1.57 bits per heavy atom. The molecule has 0 radical (unpaired) electrons. The fraction of sp³-hybridized carbons (Fsp3) is 0.467. The Morgan fingerprint density at radius 2 is 2.29 bits per heavy atom. The topological polar surface area (TPSA) is 51.3 Å². The lowest BCUT2D eigenvalue weighted by Crippen LogP contribution is -2.36. The molecule has 0 aromatic carbocycles. The van der Waals surface area contributed by atoms with E-state index in [1.54, 1.807) is 22.9 Å². The monoisotopic (exact) mass is 353 g/mol. The molecule has 1 atom stereocenters. The fourth-order valence-corrected chi connectivity index (χ4v) is 2.74. The van der Waals surface area contributed by atoms with Crippen LogP contribution in [0.3, 0.4) is 0 Å². The molecule has 0 aliphatic heterocycles. The van der Waals surface area contributed by atoms with Crippen LogP contribution in [0.25, 0.3) is 0 Å². The summed E-state index contributed by atoms with van der Waals surface area (Å²) in [7, 11) is 3.61. The summed E-state index contributed by atoms with van der Waals surface area (Å²) in [5, 5.41) is 4.27. The third-order valence-corrected chi connectivity index (χ3v) is 4.67. The van der Waals surface area contributed by atoms with Crippen LogP contribution >= 0.6 is 15.9 Å². The number of aryl methyl sites for hydroxylation is 3. The average molecular weight is 354 g/mol. The molecule has 2 heterocycles. The zero-order valence-electron chi connectivity index (χ0n) is 12.8. The molecule has 1 amide bonds. The Morgan fingerprint density at radius 3 is 2.81 bits per heavy atom. The van der Waals surface area contributed by atoms with Gasteiger partial charge in [0.1, 0.15) is 11.5 Å². The van der Waals surface area contributed by atoms with Gasteiger partial charge in [0.2, 0.25) is 0 Å². The van der Waals surface area contributed by atoms with Gasteiger partial charge in [-0.3, -0.25) is 9.48 Å². The Hall–Kier alpha value is -1.56. The lowest BCUT2D eigenvalue weighted by Gasteiger charge is -2.25. The minimum absolute atomic E-state index is 0.0306. The van der Waals surface area contributed by atoms with Crippen LogP contribution < -0.4 is 0 Å². The van der Waals surface area contributed by atoms with Crippen molar-refractivity contribution in [2.75, 3.05) is 7.05 Å². The van der Waals surface area contributed by atoms with Gasteiger partial charge >= 0.3 is 0 Å².